The lowest BCUT2D eigenvalue weighted by Gasteiger charge is -2.03. The van der Waals surface area contributed by atoms with Gasteiger partial charge in [0, 0.05) is 12.8 Å². The van der Waals surface area contributed by atoms with Gasteiger partial charge in [-0.2, -0.15) is 0 Å². The molecule has 5 N–H and O–H groups in total. The topological polar surface area (TPSA) is 117 Å². The van der Waals surface area contributed by atoms with Crippen molar-refractivity contribution >= 4 is 33.9 Å². The minimum Gasteiger partial charge on any atom is -0.384 e. The van der Waals surface area contributed by atoms with Crippen molar-refractivity contribution in [3.05, 3.63) is 79.2 Å². The summed E-state index contributed by atoms with van der Waals surface area (Å²) in [5, 5.41) is 10.5. The number of amides is 1. The van der Waals surface area contributed by atoms with Gasteiger partial charge in [-0.25, -0.2) is 19.4 Å². The fourth-order valence-corrected chi connectivity index (χ4v) is 2.84. The van der Waals surface area contributed by atoms with Gasteiger partial charge < -0.3 is 5.73 Å². The lowest BCUT2D eigenvalue weighted by molar-refractivity contribution is -0.124. The molecule has 2 aromatic rings. The number of allylic oxidation sites excluding steroid dienone is 1. The summed E-state index contributed by atoms with van der Waals surface area (Å²) >= 11 is 0. The van der Waals surface area contributed by atoms with Gasteiger partial charge in [0.05, 0.1) is 10.5 Å². The Bertz CT molecular complexity index is 923. The zero-order chi connectivity index (χ0) is 20.9. The van der Waals surface area contributed by atoms with E-state index in [2.05, 4.69) is 22.9 Å². The van der Waals surface area contributed by atoms with Gasteiger partial charge in [-0.05, 0) is 29.8 Å². The number of fused-ring (bicyclic) bond motifs is 1. The van der Waals surface area contributed by atoms with Crippen LogP contribution >= 0.6 is 0 Å². The van der Waals surface area contributed by atoms with Gasteiger partial charge in [0.15, 0.2) is 0 Å². The van der Waals surface area contributed by atoms with Crippen molar-refractivity contribution < 1.29 is 14.2 Å². The Morgan fingerprint density at radius 2 is 1.96 bits per heavy atom. The average Bonchev–Trinajstić information content (AvgIpc) is 2.72. The van der Waals surface area contributed by atoms with E-state index in [9.17, 15) is 9.00 Å². The SMILES string of the molecule is C=C(N)/N=C\C(=C/C)C(=O)NO.C=CCNS(=O)c1ccc2ccccc2c1. The predicted octanol–water partition coefficient (Wildman–Crippen LogP) is 2.58. The first-order valence-corrected chi connectivity index (χ1v) is 9.42. The molecule has 28 heavy (non-hydrogen) atoms. The molecule has 0 aliphatic carbocycles. The van der Waals surface area contributed by atoms with Crippen LogP contribution in [0.25, 0.3) is 10.8 Å². The third-order valence-electron chi connectivity index (χ3n) is 3.34. The predicted molar refractivity (Wildman–Crippen MR) is 114 cm³/mol. The van der Waals surface area contributed by atoms with Crippen LogP contribution in [-0.2, 0) is 15.8 Å². The van der Waals surface area contributed by atoms with Crippen LogP contribution in [-0.4, -0.2) is 28.1 Å². The van der Waals surface area contributed by atoms with Crippen LogP contribution in [0.3, 0.4) is 0 Å². The minimum absolute atomic E-state index is 0.0973. The number of benzene rings is 2. The molecule has 0 aliphatic rings. The molecule has 0 saturated carbocycles. The summed E-state index contributed by atoms with van der Waals surface area (Å²) in [6.45, 7) is 9.06. The van der Waals surface area contributed by atoms with E-state index in [1.54, 1.807) is 13.0 Å². The maximum atomic E-state index is 11.8. The average molecular weight is 401 g/mol. The van der Waals surface area contributed by atoms with Crippen molar-refractivity contribution in [3.63, 3.8) is 0 Å². The molecule has 0 aliphatic heterocycles. The number of carbonyl (C=O) groups is 1. The standard InChI is InChI=1S/C13H13NOS.C7H11N3O2/c1-2-9-14-16(15)13-8-7-11-5-3-4-6-12(11)10-13;1-3-6(7(11)10-12)4-9-5(2)8/h2-8,10,14H,1,9H2;3-4,12H,2,8H2,1H3,(H,10,11)/b;6-3+,9-4-. The Morgan fingerprint density at radius 3 is 2.54 bits per heavy atom. The first kappa shape index (κ1) is 23.0. The summed E-state index contributed by atoms with van der Waals surface area (Å²) in [7, 11) is -1.16. The molecule has 0 fully saturated rings. The highest BCUT2D eigenvalue weighted by molar-refractivity contribution is 7.83. The van der Waals surface area contributed by atoms with Gasteiger partial charge in [-0.1, -0.05) is 49.1 Å². The van der Waals surface area contributed by atoms with Crippen LogP contribution in [0.2, 0.25) is 0 Å². The number of nitrogens with zero attached hydrogens (tertiary/aromatic N) is 1. The number of rotatable bonds is 7. The van der Waals surface area contributed by atoms with Crippen molar-refractivity contribution in [1.82, 2.24) is 10.2 Å². The highest BCUT2D eigenvalue weighted by Crippen LogP contribution is 2.17. The van der Waals surface area contributed by atoms with Gasteiger partial charge >= 0.3 is 0 Å². The third kappa shape index (κ3) is 7.67. The smallest absolute Gasteiger partial charge is 0.275 e. The van der Waals surface area contributed by atoms with Crippen molar-refractivity contribution in [1.29, 1.82) is 0 Å². The Labute approximate surface area is 166 Å². The monoisotopic (exact) mass is 400 g/mol. The number of hydrogen-bond acceptors (Lipinski definition) is 5. The number of aliphatic imine (C=N–C) groups is 1. The maximum absolute atomic E-state index is 11.8. The molecule has 148 valence electrons. The maximum Gasteiger partial charge on any atom is 0.275 e. The summed E-state index contributed by atoms with van der Waals surface area (Å²) in [6.07, 6.45) is 4.39. The van der Waals surface area contributed by atoms with E-state index in [0.717, 1.165) is 15.7 Å². The van der Waals surface area contributed by atoms with E-state index in [-0.39, 0.29) is 11.4 Å². The Hall–Kier alpha value is -3.07. The van der Waals surface area contributed by atoms with Gasteiger partial charge in [-0.3, -0.25) is 10.0 Å². The first-order valence-electron chi connectivity index (χ1n) is 8.27. The second-order valence-corrected chi connectivity index (χ2v) is 6.65. The van der Waals surface area contributed by atoms with Crippen molar-refractivity contribution in [2.24, 2.45) is 10.7 Å². The number of carbonyl (C=O) groups excluding carboxylic acids is 1. The van der Waals surface area contributed by atoms with Crippen LogP contribution in [0.15, 0.2) is 89.1 Å². The minimum atomic E-state index is -1.16. The first-order chi connectivity index (χ1) is 13.4. The molecule has 1 amide bonds. The van der Waals surface area contributed by atoms with E-state index >= 15 is 0 Å². The lowest BCUT2D eigenvalue weighted by atomic mass is 10.1. The molecular formula is C20H24N4O3S. The highest BCUT2D eigenvalue weighted by atomic mass is 32.2. The van der Waals surface area contributed by atoms with E-state index in [1.165, 1.54) is 17.8 Å². The Balaban J connectivity index is 0.000000295. The molecule has 0 radical (unpaired) electrons. The normalized spacial score (nSPS) is 12.1. The Morgan fingerprint density at radius 1 is 1.29 bits per heavy atom. The zero-order valence-corrected chi connectivity index (χ0v) is 16.4. The number of nitrogens with one attached hydrogen (secondary N) is 2. The molecule has 7 nitrogen and oxygen atoms in total. The summed E-state index contributed by atoms with van der Waals surface area (Å²) in [6, 6.07) is 13.8. The summed E-state index contributed by atoms with van der Waals surface area (Å²) in [5.74, 6) is -0.539. The second kappa shape index (κ2) is 12.3. The van der Waals surface area contributed by atoms with Crippen LogP contribution in [0.4, 0.5) is 0 Å². The fraction of sp³-hybridized carbons (Fsp3) is 0.100. The number of hydrogen-bond donors (Lipinski definition) is 4. The van der Waals surface area contributed by atoms with E-state index < -0.39 is 16.9 Å². The number of hydroxylamine groups is 1. The van der Waals surface area contributed by atoms with Crippen LogP contribution in [0.1, 0.15) is 6.92 Å². The van der Waals surface area contributed by atoms with Crippen LogP contribution in [0.5, 0.6) is 0 Å². The molecule has 0 aromatic heterocycles. The second-order valence-electron chi connectivity index (χ2n) is 5.35. The van der Waals surface area contributed by atoms with Crippen molar-refractivity contribution in [2.75, 3.05) is 6.54 Å². The molecular weight excluding hydrogens is 376 g/mol. The summed E-state index contributed by atoms with van der Waals surface area (Å²) < 4.78 is 14.7. The van der Waals surface area contributed by atoms with E-state index in [0.29, 0.717) is 6.54 Å². The summed E-state index contributed by atoms with van der Waals surface area (Å²) in [5.41, 5.74) is 6.81. The van der Waals surface area contributed by atoms with E-state index in [4.69, 9.17) is 10.9 Å². The number of nitrogens with two attached hydrogens (primary N) is 1. The lowest BCUT2D eigenvalue weighted by Crippen LogP contribution is -2.21. The molecule has 8 heteroatoms. The largest absolute Gasteiger partial charge is 0.384 e. The van der Waals surface area contributed by atoms with Crippen molar-refractivity contribution in [3.8, 4) is 0 Å². The molecule has 1 atom stereocenters. The van der Waals surface area contributed by atoms with Gasteiger partial charge in [0.2, 0.25) is 0 Å². The summed E-state index contributed by atoms with van der Waals surface area (Å²) in [4.78, 5) is 15.1. The Kier molecular flexibility index (Phi) is 10.1. The molecule has 2 rings (SSSR count). The van der Waals surface area contributed by atoms with Crippen LogP contribution in [0, 0.1) is 0 Å². The fourth-order valence-electron chi connectivity index (χ4n) is 1.98. The van der Waals surface area contributed by atoms with Crippen LogP contribution < -0.4 is 15.9 Å². The van der Waals surface area contributed by atoms with Gasteiger partial charge in [0.25, 0.3) is 5.91 Å². The quantitative estimate of drug-likeness (QED) is 0.188. The van der Waals surface area contributed by atoms with E-state index in [1.807, 2.05) is 42.5 Å². The van der Waals surface area contributed by atoms with Gasteiger partial charge in [-0.15, -0.1) is 6.58 Å². The van der Waals surface area contributed by atoms with Gasteiger partial charge in [0.1, 0.15) is 16.8 Å². The molecule has 0 saturated heterocycles. The molecule has 2 aromatic carbocycles. The molecule has 0 bridgehead atoms. The molecule has 0 heterocycles. The zero-order valence-electron chi connectivity index (χ0n) is 15.6. The highest BCUT2D eigenvalue weighted by Gasteiger charge is 2.03. The molecule has 1 unspecified atom stereocenters. The van der Waals surface area contributed by atoms with Crippen molar-refractivity contribution in [2.45, 2.75) is 11.8 Å². The molecule has 0 spiro atoms. The third-order valence-corrected chi connectivity index (χ3v) is 4.45.